The molecule has 284 valence electrons. The molecule has 0 saturated carbocycles. The highest BCUT2D eigenvalue weighted by atomic mass is 16.6. The molecule has 9 heteroatoms. The maximum Gasteiger partial charge on any atom is 0.128 e. The average Bonchev–Trinajstić information content (AvgIpc) is 3.10. The third-order valence-corrected chi connectivity index (χ3v) is 8.44. The second kappa shape index (κ2) is 21.2. The molecule has 0 spiro atoms. The molecule has 0 aliphatic rings. The van der Waals surface area contributed by atoms with E-state index >= 15 is 0 Å². The number of nitrogens with zero attached hydrogens (tertiary/aromatic N) is 1. The van der Waals surface area contributed by atoms with Crippen LogP contribution in [-0.4, -0.2) is 119 Å². The smallest absolute Gasteiger partial charge is 0.128 e. The van der Waals surface area contributed by atoms with Gasteiger partial charge in [0.2, 0.25) is 0 Å². The zero-order chi connectivity index (χ0) is 37.3. The minimum absolute atomic E-state index is 0.472. The van der Waals surface area contributed by atoms with Crippen molar-refractivity contribution in [1.29, 1.82) is 0 Å². The van der Waals surface area contributed by atoms with Crippen LogP contribution in [0.15, 0.2) is 60.7 Å². The summed E-state index contributed by atoms with van der Waals surface area (Å²) in [5.74, 6) is 1.75. The summed E-state index contributed by atoms with van der Waals surface area (Å²) in [7, 11) is 9.94. The first-order valence-corrected chi connectivity index (χ1v) is 18.2. The molecule has 52 heavy (non-hydrogen) atoms. The molecule has 0 unspecified atom stereocenters. The fraction of sp³-hybridized carbons (Fsp3) is 0.488. The standard InChI is InChI=1S/C43H60NO8/c1-32-25-38(35-9-11-42(34(3)29-35)51-23-21-49-19-17-47-15-13-45-7)40-27-33(2)26-39(41(40)28-32)36-10-12-43(37(30-36)31-44(4,5)6)52-24-22-50-20-18-48-16-14-46-8/h9-12,25-30H,13-24,31H2,1-8H3/q+1. The minimum atomic E-state index is 0.472. The largest absolute Gasteiger partial charge is 0.491 e. The zero-order valence-electron chi connectivity index (χ0n) is 32.7. The molecule has 0 heterocycles. The SMILES string of the molecule is COCCOCCOCCOc1ccc(-c2cc(C)cc3c(-c4ccc(OCCOCCOCCOC)c(C[N+](C)(C)C)c4)cc(C)cc23)cc1C. The van der Waals surface area contributed by atoms with Crippen LogP contribution in [0.4, 0.5) is 0 Å². The minimum Gasteiger partial charge on any atom is -0.491 e. The Hall–Kier alpha value is -3.54. The first-order chi connectivity index (χ1) is 25.1. The van der Waals surface area contributed by atoms with E-state index < -0.39 is 0 Å². The summed E-state index contributed by atoms with van der Waals surface area (Å²) in [6.45, 7) is 13.7. The van der Waals surface area contributed by atoms with Crippen molar-refractivity contribution in [3.63, 3.8) is 0 Å². The number of fused-ring (bicyclic) bond motifs is 1. The van der Waals surface area contributed by atoms with E-state index in [1.807, 2.05) is 0 Å². The van der Waals surface area contributed by atoms with Crippen LogP contribution >= 0.6 is 0 Å². The van der Waals surface area contributed by atoms with Crippen molar-refractivity contribution in [2.24, 2.45) is 0 Å². The molecule has 9 nitrogen and oxygen atoms in total. The Morgan fingerprint density at radius 3 is 1.35 bits per heavy atom. The molecule has 0 saturated heterocycles. The van der Waals surface area contributed by atoms with Gasteiger partial charge in [0.1, 0.15) is 31.3 Å². The molecular formula is C43H60NO8+. The summed E-state index contributed by atoms with van der Waals surface area (Å²) < 4.78 is 45.5. The Morgan fingerprint density at radius 1 is 0.462 bits per heavy atom. The van der Waals surface area contributed by atoms with Gasteiger partial charge in [-0.25, -0.2) is 0 Å². The predicted octanol–water partition coefficient (Wildman–Crippen LogP) is 7.42. The molecule has 4 aromatic carbocycles. The number of hydrogen-bond donors (Lipinski definition) is 0. The van der Waals surface area contributed by atoms with Crippen LogP contribution in [-0.2, 0) is 35.0 Å². The van der Waals surface area contributed by atoms with Crippen LogP contribution in [0, 0.1) is 20.8 Å². The fourth-order valence-electron chi connectivity index (χ4n) is 6.08. The quantitative estimate of drug-likeness (QED) is 0.0548. The molecule has 0 fully saturated rings. The monoisotopic (exact) mass is 718 g/mol. The number of benzene rings is 4. The van der Waals surface area contributed by atoms with Gasteiger partial charge in [-0.2, -0.15) is 0 Å². The van der Waals surface area contributed by atoms with Crippen molar-refractivity contribution in [1.82, 2.24) is 0 Å². The Kier molecular flexibility index (Phi) is 16.8. The van der Waals surface area contributed by atoms with Gasteiger partial charge in [0.15, 0.2) is 0 Å². The van der Waals surface area contributed by atoms with Crippen molar-refractivity contribution in [3.05, 3.63) is 82.9 Å². The van der Waals surface area contributed by atoms with Gasteiger partial charge in [-0.1, -0.05) is 36.4 Å². The highest BCUT2D eigenvalue weighted by Crippen LogP contribution is 2.39. The zero-order valence-corrected chi connectivity index (χ0v) is 32.7. The molecule has 0 aliphatic carbocycles. The lowest BCUT2D eigenvalue weighted by Gasteiger charge is -2.25. The van der Waals surface area contributed by atoms with Gasteiger partial charge < -0.3 is 42.4 Å². The Bertz CT molecular complexity index is 1680. The second-order valence-corrected chi connectivity index (χ2v) is 14.1. The molecule has 0 aromatic heterocycles. The van der Waals surface area contributed by atoms with E-state index in [0.29, 0.717) is 79.3 Å². The van der Waals surface area contributed by atoms with E-state index in [1.54, 1.807) is 14.2 Å². The van der Waals surface area contributed by atoms with E-state index in [9.17, 15) is 0 Å². The number of methoxy groups -OCH3 is 2. The topological polar surface area (TPSA) is 73.8 Å². The Labute approximate surface area is 311 Å². The van der Waals surface area contributed by atoms with Gasteiger partial charge in [-0.3, -0.25) is 0 Å². The van der Waals surface area contributed by atoms with Gasteiger partial charge in [0.05, 0.1) is 87.2 Å². The van der Waals surface area contributed by atoms with E-state index in [2.05, 4.69) is 103 Å². The molecular weight excluding hydrogens is 658 g/mol. The Balaban J connectivity index is 1.51. The van der Waals surface area contributed by atoms with Crippen LogP contribution < -0.4 is 9.47 Å². The van der Waals surface area contributed by atoms with Gasteiger partial charge in [0, 0.05) is 19.8 Å². The summed E-state index contributed by atoms with van der Waals surface area (Å²) in [4.78, 5) is 0. The van der Waals surface area contributed by atoms with Crippen LogP contribution in [0.5, 0.6) is 11.5 Å². The summed E-state index contributed by atoms with van der Waals surface area (Å²) >= 11 is 0. The second-order valence-electron chi connectivity index (χ2n) is 14.1. The predicted molar refractivity (Wildman–Crippen MR) is 209 cm³/mol. The summed E-state index contributed by atoms with van der Waals surface area (Å²) in [5.41, 5.74) is 9.45. The third kappa shape index (κ3) is 13.1. The van der Waals surface area contributed by atoms with E-state index in [4.69, 9.17) is 37.9 Å². The maximum absolute atomic E-state index is 6.28. The van der Waals surface area contributed by atoms with Crippen molar-refractivity contribution < 1.29 is 42.4 Å². The van der Waals surface area contributed by atoms with Crippen molar-refractivity contribution >= 4 is 10.8 Å². The van der Waals surface area contributed by atoms with Crippen LogP contribution in [0.1, 0.15) is 22.3 Å². The van der Waals surface area contributed by atoms with Gasteiger partial charge in [-0.15, -0.1) is 0 Å². The molecule has 0 N–H and O–H groups in total. The summed E-state index contributed by atoms with van der Waals surface area (Å²) in [6.07, 6.45) is 0. The molecule has 4 rings (SSSR count). The lowest BCUT2D eigenvalue weighted by Crippen LogP contribution is -2.33. The highest BCUT2D eigenvalue weighted by molar-refractivity contribution is 6.05. The molecule has 0 aliphatic heterocycles. The molecule has 4 aromatic rings. The molecule has 0 bridgehead atoms. The third-order valence-electron chi connectivity index (χ3n) is 8.44. The van der Waals surface area contributed by atoms with Gasteiger partial charge in [-0.05, 0) is 94.8 Å². The average molecular weight is 719 g/mol. The fourth-order valence-corrected chi connectivity index (χ4v) is 6.08. The van der Waals surface area contributed by atoms with E-state index in [0.717, 1.165) is 33.7 Å². The van der Waals surface area contributed by atoms with Crippen molar-refractivity contribution in [3.8, 4) is 33.8 Å². The lowest BCUT2D eigenvalue weighted by atomic mass is 9.89. The number of aryl methyl sites for hydroxylation is 3. The first-order valence-electron chi connectivity index (χ1n) is 18.2. The van der Waals surface area contributed by atoms with Crippen molar-refractivity contribution in [2.75, 3.05) is 115 Å². The van der Waals surface area contributed by atoms with Crippen LogP contribution in [0.3, 0.4) is 0 Å². The first kappa shape index (κ1) is 41.2. The van der Waals surface area contributed by atoms with E-state index in [-0.39, 0.29) is 0 Å². The van der Waals surface area contributed by atoms with Crippen LogP contribution in [0.25, 0.3) is 33.0 Å². The maximum atomic E-state index is 6.28. The molecule has 0 atom stereocenters. The summed E-state index contributed by atoms with van der Waals surface area (Å²) in [5, 5.41) is 2.46. The lowest BCUT2D eigenvalue weighted by molar-refractivity contribution is -0.884. The highest BCUT2D eigenvalue weighted by Gasteiger charge is 2.18. The Morgan fingerprint density at radius 2 is 0.885 bits per heavy atom. The van der Waals surface area contributed by atoms with Gasteiger partial charge in [0.25, 0.3) is 0 Å². The van der Waals surface area contributed by atoms with Crippen molar-refractivity contribution in [2.45, 2.75) is 27.3 Å². The van der Waals surface area contributed by atoms with Gasteiger partial charge >= 0.3 is 0 Å². The number of hydrogen-bond acceptors (Lipinski definition) is 8. The molecule has 0 radical (unpaired) electrons. The van der Waals surface area contributed by atoms with E-state index in [1.165, 1.54) is 44.2 Å². The normalized spacial score (nSPS) is 11.8. The number of rotatable bonds is 24. The number of quaternary nitrogens is 1. The van der Waals surface area contributed by atoms with Crippen LogP contribution in [0.2, 0.25) is 0 Å². The summed E-state index contributed by atoms with van der Waals surface area (Å²) in [6, 6.07) is 22.2. The number of ether oxygens (including phenoxy) is 8. The molecule has 0 amide bonds.